The van der Waals surface area contributed by atoms with Crippen molar-refractivity contribution in [1.29, 1.82) is 0 Å². The van der Waals surface area contributed by atoms with Crippen molar-refractivity contribution in [3.8, 4) is 0 Å². The topological polar surface area (TPSA) is 66.4 Å². The Morgan fingerprint density at radius 3 is 2.68 bits per heavy atom. The van der Waals surface area contributed by atoms with Gasteiger partial charge in [-0.05, 0) is 12.0 Å². The fraction of sp³-hybridized carbons (Fsp3) is 0.500. The van der Waals surface area contributed by atoms with E-state index in [0.717, 1.165) is 58.1 Å². The zero-order chi connectivity index (χ0) is 17.3. The van der Waals surface area contributed by atoms with Crippen LogP contribution in [0.25, 0.3) is 0 Å². The Hall–Kier alpha value is -2.25. The minimum absolute atomic E-state index is 0.584. The van der Waals surface area contributed by atoms with Gasteiger partial charge in [-0.1, -0.05) is 30.3 Å². The summed E-state index contributed by atoms with van der Waals surface area (Å²) < 4.78 is 5.04. The predicted octanol–water partition coefficient (Wildman–Crippen LogP) is 1.64. The molecular formula is C18H26N6O. The molecule has 7 heteroatoms. The zero-order valence-electron chi connectivity index (χ0n) is 14.8. The number of hydrogen-bond acceptors (Lipinski definition) is 7. The van der Waals surface area contributed by atoms with E-state index in [9.17, 15) is 0 Å². The van der Waals surface area contributed by atoms with Crippen LogP contribution in [-0.4, -0.2) is 66.5 Å². The lowest BCUT2D eigenvalue weighted by Gasteiger charge is -2.35. The molecule has 2 aromatic rings. The molecule has 0 spiro atoms. The largest absolute Gasteiger partial charge is 0.385 e. The first-order chi connectivity index (χ1) is 12.3. The van der Waals surface area contributed by atoms with E-state index < -0.39 is 0 Å². The zero-order valence-corrected chi connectivity index (χ0v) is 14.8. The molecule has 134 valence electrons. The molecule has 1 saturated heterocycles. The average Bonchev–Trinajstić information content (AvgIpc) is 2.67. The van der Waals surface area contributed by atoms with E-state index >= 15 is 0 Å². The van der Waals surface area contributed by atoms with Gasteiger partial charge in [0.05, 0.1) is 6.20 Å². The van der Waals surface area contributed by atoms with Crippen LogP contribution in [0.4, 0.5) is 11.8 Å². The lowest BCUT2D eigenvalue weighted by Crippen LogP contribution is -2.46. The summed E-state index contributed by atoms with van der Waals surface area (Å²) in [6, 6.07) is 10.6. The summed E-state index contributed by atoms with van der Waals surface area (Å²) in [4.78, 5) is 9.34. The highest BCUT2D eigenvalue weighted by molar-refractivity contribution is 5.40. The van der Waals surface area contributed by atoms with Crippen LogP contribution in [-0.2, 0) is 11.3 Å². The SMILES string of the molecule is COCCCNc1nncc(N2CCN(Cc3ccccc3)CC2)n1. The van der Waals surface area contributed by atoms with Crippen molar-refractivity contribution >= 4 is 11.8 Å². The fourth-order valence-corrected chi connectivity index (χ4v) is 2.92. The molecule has 0 aliphatic carbocycles. The first kappa shape index (κ1) is 17.6. The quantitative estimate of drug-likeness (QED) is 0.732. The summed E-state index contributed by atoms with van der Waals surface area (Å²) in [5.41, 5.74) is 1.36. The molecule has 25 heavy (non-hydrogen) atoms. The molecule has 3 rings (SSSR count). The Balaban J connectivity index is 1.49. The van der Waals surface area contributed by atoms with E-state index in [1.807, 2.05) is 0 Å². The predicted molar refractivity (Wildman–Crippen MR) is 98.7 cm³/mol. The van der Waals surface area contributed by atoms with Gasteiger partial charge in [0.15, 0.2) is 5.82 Å². The number of benzene rings is 1. The molecule has 0 unspecified atom stereocenters. The molecule has 2 heterocycles. The van der Waals surface area contributed by atoms with E-state index in [2.05, 4.69) is 60.6 Å². The van der Waals surface area contributed by atoms with Crippen LogP contribution in [0.1, 0.15) is 12.0 Å². The number of ether oxygens (including phenoxy) is 1. The van der Waals surface area contributed by atoms with E-state index in [1.54, 1.807) is 13.3 Å². The van der Waals surface area contributed by atoms with Gasteiger partial charge in [0.2, 0.25) is 5.95 Å². The summed E-state index contributed by atoms with van der Waals surface area (Å²) in [5.74, 6) is 1.48. The number of nitrogens with zero attached hydrogens (tertiary/aromatic N) is 5. The third kappa shape index (κ3) is 5.37. The second kappa shape index (κ2) is 9.29. The lowest BCUT2D eigenvalue weighted by molar-refractivity contribution is 0.197. The van der Waals surface area contributed by atoms with Crippen molar-refractivity contribution < 1.29 is 4.74 Å². The molecule has 0 atom stereocenters. The Morgan fingerprint density at radius 2 is 1.92 bits per heavy atom. The Morgan fingerprint density at radius 1 is 1.12 bits per heavy atom. The van der Waals surface area contributed by atoms with Crippen LogP contribution in [0.3, 0.4) is 0 Å². The third-order valence-corrected chi connectivity index (χ3v) is 4.30. The summed E-state index contributed by atoms with van der Waals surface area (Å²) in [7, 11) is 1.70. The molecule has 1 aliphatic heterocycles. The summed E-state index contributed by atoms with van der Waals surface area (Å²) in [5, 5.41) is 11.3. The average molecular weight is 342 g/mol. The van der Waals surface area contributed by atoms with Crippen LogP contribution in [0.2, 0.25) is 0 Å². The Bertz CT molecular complexity index is 630. The number of anilines is 2. The standard InChI is InChI=1S/C18H26N6O/c1-25-13-5-8-19-18-21-17(14-20-22-18)24-11-9-23(10-12-24)15-16-6-3-2-4-7-16/h2-4,6-7,14H,5,8-13,15H2,1H3,(H,19,21,22). The molecule has 7 nitrogen and oxygen atoms in total. The number of methoxy groups -OCH3 is 1. The summed E-state index contributed by atoms with van der Waals surface area (Å²) in [6.07, 6.45) is 2.66. The van der Waals surface area contributed by atoms with Crippen molar-refractivity contribution in [2.24, 2.45) is 0 Å². The van der Waals surface area contributed by atoms with Crippen LogP contribution in [0.15, 0.2) is 36.5 Å². The number of aromatic nitrogens is 3. The van der Waals surface area contributed by atoms with Gasteiger partial charge in [-0.2, -0.15) is 10.1 Å². The molecule has 0 amide bonds. The maximum Gasteiger partial charge on any atom is 0.244 e. The minimum atomic E-state index is 0.584. The third-order valence-electron chi connectivity index (χ3n) is 4.30. The van der Waals surface area contributed by atoms with Crippen LogP contribution >= 0.6 is 0 Å². The van der Waals surface area contributed by atoms with Crippen molar-refractivity contribution in [2.75, 3.05) is 56.7 Å². The van der Waals surface area contributed by atoms with Gasteiger partial charge in [0.25, 0.3) is 0 Å². The van der Waals surface area contributed by atoms with Gasteiger partial charge >= 0.3 is 0 Å². The summed E-state index contributed by atoms with van der Waals surface area (Å²) in [6.45, 7) is 6.46. The van der Waals surface area contributed by atoms with Crippen molar-refractivity contribution in [3.63, 3.8) is 0 Å². The normalized spacial score (nSPS) is 15.3. The second-order valence-electron chi connectivity index (χ2n) is 6.16. The second-order valence-corrected chi connectivity index (χ2v) is 6.16. The van der Waals surface area contributed by atoms with E-state index in [1.165, 1.54) is 5.56 Å². The molecule has 0 bridgehead atoms. The van der Waals surface area contributed by atoms with Crippen molar-refractivity contribution in [3.05, 3.63) is 42.1 Å². The number of piperazine rings is 1. The molecule has 1 aromatic heterocycles. The van der Waals surface area contributed by atoms with Gasteiger partial charge < -0.3 is 15.0 Å². The fourth-order valence-electron chi connectivity index (χ4n) is 2.92. The Kier molecular flexibility index (Phi) is 6.53. The van der Waals surface area contributed by atoms with Crippen LogP contribution in [0, 0.1) is 0 Å². The van der Waals surface area contributed by atoms with Gasteiger partial charge in [0, 0.05) is 53.0 Å². The van der Waals surface area contributed by atoms with Gasteiger partial charge in [-0.3, -0.25) is 4.90 Å². The molecule has 0 saturated carbocycles. The van der Waals surface area contributed by atoms with E-state index in [-0.39, 0.29) is 0 Å². The molecule has 1 N–H and O–H groups in total. The minimum Gasteiger partial charge on any atom is -0.385 e. The lowest BCUT2D eigenvalue weighted by atomic mass is 10.2. The molecule has 1 fully saturated rings. The molecule has 0 radical (unpaired) electrons. The molecule has 1 aromatic carbocycles. The van der Waals surface area contributed by atoms with Gasteiger partial charge in [-0.15, -0.1) is 5.10 Å². The first-order valence-electron chi connectivity index (χ1n) is 8.79. The van der Waals surface area contributed by atoms with E-state index in [4.69, 9.17) is 4.74 Å². The van der Waals surface area contributed by atoms with E-state index in [0.29, 0.717) is 5.95 Å². The van der Waals surface area contributed by atoms with Crippen LogP contribution < -0.4 is 10.2 Å². The highest BCUT2D eigenvalue weighted by Crippen LogP contribution is 2.15. The van der Waals surface area contributed by atoms with Gasteiger partial charge in [-0.25, -0.2) is 0 Å². The highest BCUT2D eigenvalue weighted by atomic mass is 16.5. The molecular weight excluding hydrogens is 316 g/mol. The summed E-state index contributed by atoms with van der Waals surface area (Å²) >= 11 is 0. The monoisotopic (exact) mass is 342 g/mol. The maximum absolute atomic E-state index is 5.04. The highest BCUT2D eigenvalue weighted by Gasteiger charge is 2.18. The Labute approximate surface area is 149 Å². The van der Waals surface area contributed by atoms with Crippen molar-refractivity contribution in [2.45, 2.75) is 13.0 Å². The first-order valence-corrected chi connectivity index (χ1v) is 8.79. The van der Waals surface area contributed by atoms with Crippen molar-refractivity contribution in [1.82, 2.24) is 20.1 Å². The number of hydrogen-bond donors (Lipinski definition) is 1. The number of nitrogens with one attached hydrogen (secondary N) is 1. The maximum atomic E-state index is 5.04. The van der Waals surface area contributed by atoms with Crippen LogP contribution in [0.5, 0.6) is 0 Å². The number of rotatable bonds is 8. The smallest absolute Gasteiger partial charge is 0.244 e. The van der Waals surface area contributed by atoms with Gasteiger partial charge in [0.1, 0.15) is 0 Å². The molecule has 1 aliphatic rings.